The molecule has 1 heteroatoms. The monoisotopic (exact) mass is 166 g/mol. The fraction of sp³-hybridized carbons (Fsp3) is 0.636. The van der Waals surface area contributed by atoms with E-state index in [4.69, 9.17) is 4.74 Å². The van der Waals surface area contributed by atoms with Gasteiger partial charge in [-0.2, -0.15) is 0 Å². The summed E-state index contributed by atoms with van der Waals surface area (Å²) in [4.78, 5) is 0. The zero-order valence-electron chi connectivity index (χ0n) is 8.31. The summed E-state index contributed by atoms with van der Waals surface area (Å²) in [5.74, 6) is 0. The molecule has 0 aromatic rings. The van der Waals surface area contributed by atoms with Gasteiger partial charge in [0.25, 0.3) is 0 Å². The van der Waals surface area contributed by atoms with Gasteiger partial charge in [0.15, 0.2) is 0 Å². The second-order valence-electron chi connectivity index (χ2n) is 4.00. The van der Waals surface area contributed by atoms with Crippen molar-refractivity contribution in [3.8, 4) is 0 Å². The minimum Gasteiger partial charge on any atom is -0.363 e. The first-order chi connectivity index (χ1) is 5.46. The van der Waals surface area contributed by atoms with Gasteiger partial charge in [-0.3, -0.25) is 0 Å². The Kier molecular flexibility index (Phi) is 2.43. The van der Waals surface area contributed by atoms with Crippen LogP contribution in [0, 0.1) is 0 Å². The average Bonchev–Trinajstić information content (AvgIpc) is 2.33. The van der Waals surface area contributed by atoms with Crippen LogP contribution < -0.4 is 0 Å². The molecular formula is C11H18O. The fourth-order valence-corrected chi connectivity index (χ4v) is 1.50. The summed E-state index contributed by atoms with van der Waals surface area (Å²) in [7, 11) is 0. The highest BCUT2D eigenvalue weighted by molar-refractivity contribution is 5.14. The number of hydrogen-bond donors (Lipinski definition) is 0. The lowest BCUT2D eigenvalue weighted by Gasteiger charge is -2.25. The van der Waals surface area contributed by atoms with Crippen LogP contribution in [0.15, 0.2) is 24.3 Å². The zero-order valence-corrected chi connectivity index (χ0v) is 8.31. The largest absolute Gasteiger partial charge is 0.363 e. The molecular weight excluding hydrogens is 148 g/mol. The highest BCUT2D eigenvalue weighted by Crippen LogP contribution is 2.37. The van der Waals surface area contributed by atoms with Crippen molar-refractivity contribution in [1.82, 2.24) is 0 Å². The van der Waals surface area contributed by atoms with Gasteiger partial charge in [-0.15, -0.1) is 0 Å². The van der Waals surface area contributed by atoms with E-state index in [-0.39, 0.29) is 11.7 Å². The summed E-state index contributed by atoms with van der Waals surface area (Å²) >= 11 is 0. The minimum absolute atomic E-state index is 0.108. The van der Waals surface area contributed by atoms with Gasteiger partial charge in [-0.05, 0) is 39.2 Å². The quantitative estimate of drug-likeness (QED) is 0.573. The molecule has 0 N–H and O–H groups in total. The molecule has 1 heterocycles. The van der Waals surface area contributed by atoms with Gasteiger partial charge in [-0.25, -0.2) is 0 Å². The van der Waals surface area contributed by atoms with Gasteiger partial charge >= 0.3 is 0 Å². The van der Waals surface area contributed by atoms with Crippen molar-refractivity contribution in [2.24, 2.45) is 0 Å². The van der Waals surface area contributed by atoms with Crippen LogP contribution in [0.25, 0.3) is 0 Å². The molecule has 0 aromatic carbocycles. The Bertz CT molecular complexity index is 217. The van der Waals surface area contributed by atoms with E-state index < -0.39 is 0 Å². The molecule has 0 bridgehead atoms. The van der Waals surface area contributed by atoms with E-state index in [2.05, 4.69) is 20.1 Å². The molecule has 1 rings (SSSR count). The zero-order chi connectivity index (χ0) is 9.35. The Labute approximate surface area is 75.1 Å². The van der Waals surface area contributed by atoms with Gasteiger partial charge in [0.1, 0.15) is 0 Å². The van der Waals surface area contributed by atoms with E-state index in [1.54, 1.807) is 0 Å². The highest BCUT2D eigenvalue weighted by atomic mass is 16.5. The molecule has 0 radical (unpaired) electrons. The van der Waals surface area contributed by atoms with Crippen LogP contribution in [0.2, 0.25) is 0 Å². The molecule has 0 aromatic heterocycles. The van der Waals surface area contributed by atoms with Crippen molar-refractivity contribution in [3.63, 3.8) is 0 Å². The van der Waals surface area contributed by atoms with Crippen LogP contribution in [-0.2, 0) is 4.74 Å². The standard InChI is InChI=1S/C11H18O/c1-8(2)10-6-7-11(5,12-10)9(3)4/h10H,1,3,6-7H2,2,4-5H3/t10-,11-/m0/s1. The molecule has 0 spiro atoms. The van der Waals surface area contributed by atoms with Gasteiger partial charge in [0, 0.05) is 0 Å². The molecule has 1 aliphatic heterocycles. The van der Waals surface area contributed by atoms with Crippen molar-refractivity contribution in [2.45, 2.75) is 45.3 Å². The molecule has 0 unspecified atom stereocenters. The maximum Gasteiger partial charge on any atom is 0.0867 e. The van der Waals surface area contributed by atoms with E-state index in [1.165, 1.54) is 0 Å². The van der Waals surface area contributed by atoms with Crippen molar-refractivity contribution in [1.29, 1.82) is 0 Å². The minimum atomic E-state index is -0.108. The van der Waals surface area contributed by atoms with Gasteiger partial charge < -0.3 is 4.74 Å². The average molecular weight is 166 g/mol. The molecule has 12 heavy (non-hydrogen) atoms. The molecule has 1 nitrogen and oxygen atoms in total. The maximum absolute atomic E-state index is 5.87. The first kappa shape index (κ1) is 9.53. The van der Waals surface area contributed by atoms with Crippen LogP contribution in [0.5, 0.6) is 0 Å². The predicted molar refractivity (Wildman–Crippen MR) is 52.1 cm³/mol. The summed E-state index contributed by atoms with van der Waals surface area (Å²) in [6.07, 6.45) is 2.39. The molecule has 1 fully saturated rings. The first-order valence-electron chi connectivity index (χ1n) is 4.45. The van der Waals surface area contributed by atoms with Crippen molar-refractivity contribution in [2.75, 3.05) is 0 Å². The third-order valence-corrected chi connectivity index (χ3v) is 2.74. The third kappa shape index (κ3) is 1.61. The number of ether oxygens (including phenoxy) is 1. The lowest BCUT2D eigenvalue weighted by molar-refractivity contribution is 0.0140. The molecule has 1 aliphatic rings. The van der Waals surface area contributed by atoms with Gasteiger partial charge in [0.05, 0.1) is 11.7 Å². The molecule has 1 saturated heterocycles. The number of rotatable bonds is 2. The molecule has 0 saturated carbocycles. The fourth-order valence-electron chi connectivity index (χ4n) is 1.50. The van der Waals surface area contributed by atoms with Crippen molar-refractivity contribution in [3.05, 3.63) is 24.3 Å². The van der Waals surface area contributed by atoms with E-state index in [0.29, 0.717) is 0 Å². The molecule has 68 valence electrons. The third-order valence-electron chi connectivity index (χ3n) is 2.74. The first-order valence-corrected chi connectivity index (χ1v) is 4.45. The second kappa shape index (κ2) is 3.06. The van der Waals surface area contributed by atoms with E-state index in [0.717, 1.165) is 24.0 Å². The van der Waals surface area contributed by atoms with Crippen LogP contribution in [0.4, 0.5) is 0 Å². The normalized spacial score (nSPS) is 35.1. The Balaban J connectivity index is 2.67. The predicted octanol–water partition coefficient (Wildman–Crippen LogP) is 3.08. The summed E-state index contributed by atoms with van der Waals surface area (Å²) in [6, 6.07) is 0. The van der Waals surface area contributed by atoms with Gasteiger partial charge in [0.2, 0.25) is 0 Å². The molecule has 0 aliphatic carbocycles. The van der Waals surface area contributed by atoms with Crippen molar-refractivity contribution < 1.29 is 4.74 Å². The topological polar surface area (TPSA) is 9.23 Å². The molecule has 2 atom stereocenters. The highest BCUT2D eigenvalue weighted by Gasteiger charge is 2.36. The Morgan fingerprint density at radius 1 is 1.42 bits per heavy atom. The second-order valence-corrected chi connectivity index (χ2v) is 4.00. The summed E-state index contributed by atoms with van der Waals surface area (Å²) in [5, 5.41) is 0. The number of hydrogen-bond acceptors (Lipinski definition) is 1. The smallest absolute Gasteiger partial charge is 0.0867 e. The van der Waals surface area contributed by atoms with E-state index >= 15 is 0 Å². The van der Waals surface area contributed by atoms with Crippen LogP contribution in [0.1, 0.15) is 33.6 Å². The van der Waals surface area contributed by atoms with Crippen LogP contribution >= 0.6 is 0 Å². The van der Waals surface area contributed by atoms with Crippen LogP contribution in [-0.4, -0.2) is 11.7 Å². The molecule has 0 amide bonds. The van der Waals surface area contributed by atoms with Gasteiger partial charge in [-0.1, -0.05) is 18.7 Å². The summed E-state index contributed by atoms with van der Waals surface area (Å²) in [6.45, 7) is 14.0. The lowest BCUT2D eigenvalue weighted by atomic mass is 9.95. The Morgan fingerprint density at radius 3 is 2.25 bits per heavy atom. The Hall–Kier alpha value is -0.560. The SMILES string of the molecule is C=C(C)[C@@H]1CC[C@@](C)(C(=C)C)O1. The summed E-state index contributed by atoms with van der Waals surface area (Å²) < 4.78 is 5.87. The van der Waals surface area contributed by atoms with Crippen LogP contribution in [0.3, 0.4) is 0 Å². The lowest BCUT2D eigenvalue weighted by Crippen LogP contribution is -2.26. The van der Waals surface area contributed by atoms with E-state index in [9.17, 15) is 0 Å². The summed E-state index contributed by atoms with van der Waals surface area (Å²) in [5.41, 5.74) is 2.13. The van der Waals surface area contributed by atoms with Crippen molar-refractivity contribution >= 4 is 0 Å². The Morgan fingerprint density at radius 2 is 2.00 bits per heavy atom. The maximum atomic E-state index is 5.87. The van der Waals surface area contributed by atoms with E-state index in [1.807, 2.05) is 13.8 Å².